The van der Waals surface area contributed by atoms with Gasteiger partial charge in [0.25, 0.3) is 0 Å². The molecule has 0 amide bonds. The number of hydrogen-bond donors (Lipinski definition) is 0. The average molecular weight is 175 g/mol. The fourth-order valence-electron chi connectivity index (χ4n) is 0.785. The van der Waals surface area contributed by atoms with E-state index in [-0.39, 0.29) is 0 Å². The van der Waals surface area contributed by atoms with Crippen LogP contribution < -0.4 is 0 Å². The predicted octanol–water partition coefficient (Wildman–Crippen LogP) is 2.99. The molecule has 2 nitrogen and oxygen atoms in total. The SMILES string of the molecule is C=C(OC=C(C)C)c1cccnc1. The summed E-state index contributed by atoms with van der Waals surface area (Å²) in [5, 5.41) is 0. The smallest absolute Gasteiger partial charge is 0.128 e. The van der Waals surface area contributed by atoms with Crippen molar-refractivity contribution in [2.24, 2.45) is 0 Å². The van der Waals surface area contributed by atoms with Crippen molar-refractivity contribution < 1.29 is 4.74 Å². The van der Waals surface area contributed by atoms with Gasteiger partial charge >= 0.3 is 0 Å². The molecule has 0 bridgehead atoms. The van der Waals surface area contributed by atoms with Crippen LogP contribution in [0, 0.1) is 0 Å². The molecular formula is C11H13NO. The lowest BCUT2D eigenvalue weighted by atomic mass is 10.2. The Labute approximate surface area is 78.6 Å². The van der Waals surface area contributed by atoms with Gasteiger partial charge in [0.1, 0.15) is 5.76 Å². The van der Waals surface area contributed by atoms with Gasteiger partial charge in [-0.2, -0.15) is 0 Å². The molecule has 0 radical (unpaired) electrons. The Balaban J connectivity index is 2.65. The molecule has 2 heteroatoms. The van der Waals surface area contributed by atoms with Crippen molar-refractivity contribution in [1.29, 1.82) is 0 Å². The third kappa shape index (κ3) is 3.11. The van der Waals surface area contributed by atoms with E-state index in [1.807, 2.05) is 26.0 Å². The summed E-state index contributed by atoms with van der Waals surface area (Å²) in [6.45, 7) is 7.73. The lowest BCUT2D eigenvalue weighted by Crippen LogP contribution is -1.85. The number of nitrogens with zero attached hydrogens (tertiary/aromatic N) is 1. The molecule has 13 heavy (non-hydrogen) atoms. The van der Waals surface area contributed by atoms with Crippen LogP contribution in [0.2, 0.25) is 0 Å². The zero-order valence-corrected chi connectivity index (χ0v) is 7.95. The molecule has 0 aliphatic rings. The lowest BCUT2D eigenvalue weighted by Gasteiger charge is -2.03. The topological polar surface area (TPSA) is 22.1 Å². The van der Waals surface area contributed by atoms with E-state index in [0.717, 1.165) is 11.1 Å². The first kappa shape index (κ1) is 9.52. The van der Waals surface area contributed by atoms with Crippen molar-refractivity contribution in [3.63, 3.8) is 0 Å². The number of allylic oxidation sites excluding steroid dienone is 1. The highest BCUT2D eigenvalue weighted by Gasteiger charge is 1.96. The van der Waals surface area contributed by atoms with Gasteiger partial charge in [0.2, 0.25) is 0 Å². The molecule has 0 aromatic carbocycles. The Kier molecular flexibility index (Phi) is 3.26. The summed E-state index contributed by atoms with van der Waals surface area (Å²) in [6, 6.07) is 3.76. The van der Waals surface area contributed by atoms with Crippen molar-refractivity contribution in [3.8, 4) is 0 Å². The van der Waals surface area contributed by atoms with E-state index in [1.165, 1.54) is 0 Å². The molecule has 1 aromatic rings. The standard InChI is InChI=1S/C11H13NO/c1-9(2)8-13-10(3)11-5-4-6-12-7-11/h4-8H,3H2,1-2H3. The summed E-state index contributed by atoms with van der Waals surface area (Å²) in [5.41, 5.74) is 2.00. The fraction of sp³-hybridized carbons (Fsp3) is 0.182. The van der Waals surface area contributed by atoms with Crippen LogP contribution in [0.5, 0.6) is 0 Å². The Hall–Kier alpha value is -1.57. The van der Waals surface area contributed by atoms with Gasteiger partial charge < -0.3 is 4.74 Å². The Morgan fingerprint density at radius 3 is 2.85 bits per heavy atom. The van der Waals surface area contributed by atoms with Crippen LogP contribution in [0.4, 0.5) is 0 Å². The van der Waals surface area contributed by atoms with E-state index in [1.54, 1.807) is 18.7 Å². The van der Waals surface area contributed by atoms with Crippen molar-refractivity contribution in [3.05, 3.63) is 48.5 Å². The monoisotopic (exact) mass is 175 g/mol. The summed E-state index contributed by atoms with van der Waals surface area (Å²) in [7, 11) is 0. The molecular weight excluding hydrogens is 162 g/mol. The van der Waals surface area contributed by atoms with Gasteiger partial charge in [-0.25, -0.2) is 0 Å². The van der Waals surface area contributed by atoms with Gasteiger partial charge in [-0.1, -0.05) is 6.58 Å². The maximum Gasteiger partial charge on any atom is 0.128 e. The zero-order chi connectivity index (χ0) is 9.68. The quantitative estimate of drug-likeness (QED) is 0.659. The first-order valence-electron chi connectivity index (χ1n) is 4.09. The Bertz CT molecular complexity index is 310. The van der Waals surface area contributed by atoms with Crippen LogP contribution in [0.15, 0.2) is 42.9 Å². The minimum absolute atomic E-state index is 0.620. The molecule has 0 N–H and O–H groups in total. The second-order valence-electron chi connectivity index (χ2n) is 2.98. The van der Waals surface area contributed by atoms with Crippen LogP contribution in [0.1, 0.15) is 19.4 Å². The van der Waals surface area contributed by atoms with Crippen LogP contribution >= 0.6 is 0 Å². The van der Waals surface area contributed by atoms with Gasteiger partial charge in [-0.15, -0.1) is 0 Å². The van der Waals surface area contributed by atoms with E-state index in [0.29, 0.717) is 5.76 Å². The highest BCUT2D eigenvalue weighted by molar-refractivity contribution is 5.56. The third-order valence-corrected chi connectivity index (χ3v) is 1.42. The third-order valence-electron chi connectivity index (χ3n) is 1.42. The van der Waals surface area contributed by atoms with Crippen LogP contribution in [-0.2, 0) is 4.74 Å². The summed E-state index contributed by atoms with van der Waals surface area (Å²) in [4.78, 5) is 3.97. The highest BCUT2D eigenvalue weighted by atomic mass is 16.5. The molecule has 0 atom stereocenters. The summed E-state index contributed by atoms with van der Waals surface area (Å²) in [5.74, 6) is 0.620. The number of aromatic nitrogens is 1. The summed E-state index contributed by atoms with van der Waals surface area (Å²) < 4.78 is 5.29. The first-order valence-corrected chi connectivity index (χ1v) is 4.09. The molecule has 0 saturated heterocycles. The molecule has 0 saturated carbocycles. The second-order valence-corrected chi connectivity index (χ2v) is 2.98. The maximum atomic E-state index is 5.29. The maximum absolute atomic E-state index is 5.29. The summed E-state index contributed by atoms with van der Waals surface area (Å²) >= 11 is 0. The Morgan fingerprint density at radius 2 is 2.31 bits per heavy atom. The highest BCUT2D eigenvalue weighted by Crippen LogP contribution is 2.12. The van der Waals surface area contributed by atoms with Crippen LogP contribution in [-0.4, -0.2) is 4.98 Å². The molecule has 1 rings (SSSR count). The minimum atomic E-state index is 0.620. The molecule has 0 unspecified atom stereocenters. The van der Waals surface area contributed by atoms with Gasteiger partial charge in [0, 0.05) is 18.0 Å². The zero-order valence-electron chi connectivity index (χ0n) is 7.95. The fourth-order valence-corrected chi connectivity index (χ4v) is 0.785. The van der Waals surface area contributed by atoms with E-state index in [9.17, 15) is 0 Å². The van der Waals surface area contributed by atoms with Crippen LogP contribution in [0.3, 0.4) is 0 Å². The predicted molar refractivity (Wildman–Crippen MR) is 53.8 cm³/mol. The second kappa shape index (κ2) is 4.45. The molecule has 1 heterocycles. The molecule has 68 valence electrons. The van der Waals surface area contributed by atoms with Gasteiger partial charge in [0.05, 0.1) is 6.26 Å². The van der Waals surface area contributed by atoms with Gasteiger partial charge in [-0.3, -0.25) is 4.98 Å². The molecule has 0 aliphatic carbocycles. The van der Waals surface area contributed by atoms with Crippen molar-refractivity contribution in [1.82, 2.24) is 4.98 Å². The number of ether oxygens (including phenoxy) is 1. The van der Waals surface area contributed by atoms with Gasteiger partial charge in [0.15, 0.2) is 0 Å². The van der Waals surface area contributed by atoms with E-state index >= 15 is 0 Å². The van der Waals surface area contributed by atoms with E-state index in [4.69, 9.17) is 4.74 Å². The normalized spacial score (nSPS) is 9.08. The lowest BCUT2D eigenvalue weighted by molar-refractivity contribution is 0.433. The number of rotatable bonds is 3. The number of hydrogen-bond acceptors (Lipinski definition) is 2. The largest absolute Gasteiger partial charge is 0.465 e. The minimum Gasteiger partial charge on any atom is -0.465 e. The molecule has 0 aliphatic heterocycles. The molecule has 0 fully saturated rings. The van der Waals surface area contributed by atoms with Crippen molar-refractivity contribution in [2.45, 2.75) is 13.8 Å². The van der Waals surface area contributed by atoms with E-state index in [2.05, 4.69) is 11.6 Å². The van der Waals surface area contributed by atoms with E-state index < -0.39 is 0 Å². The molecule has 0 spiro atoms. The van der Waals surface area contributed by atoms with Gasteiger partial charge in [-0.05, 0) is 31.6 Å². The Morgan fingerprint density at radius 1 is 1.54 bits per heavy atom. The first-order chi connectivity index (χ1) is 6.20. The summed E-state index contributed by atoms with van der Waals surface area (Å²) in [6.07, 6.45) is 5.12. The van der Waals surface area contributed by atoms with Crippen molar-refractivity contribution >= 4 is 5.76 Å². The van der Waals surface area contributed by atoms with Crippen LogP contribution in [0.25, 0.3) is 5.76 Å². The number of pyridine rings is 1. The average Bonchev–Trinajstić information content (AvgIpc) is 2.15. The molecule has 1 aromatic heterocycles. The van der Waals surface area contributed by atoms with Crippen molar-refractivity contribution in [2.75, 3.05) is 0 Å².